The van der Waals surface area contributed by atoms with Crippen LogP contribution < -0.4 is 0 Å². The summed E-state index contributed by atoms with van der Waals surface area (Å²) in [5.41, 5.74) is 1.24. The van der Waals surface area contributed by atoms with E-state index in [-0.39, 0.29) is 22.9 Å². The van der Waals surface area contributed by atoms with Crippen molar-refractivity contribution in [2.45, 2.75) is 65.3 Å². The average Bonchev–Trinajstić information content (AvgIpc) is 2.95. The molecule has 1 aromatic heterocycles. The smallest absolute Gasteiger partial charge is 0.339 e. The summed E-state index contributed by atoms with van der Waals surface area (Å²) in [7, 11) is 0. The Balaban J connectivity index is 1.60. The summed E-state index contributed by atoms with van der Waals surface area (Å²) in [6.45, 7) is 7.81. The van der Waals surface area contributed by atoms with Crippen molar-refractivity contribution in [2.24, 2.45) is 11.3 Å². The van der Waals surface area contributed by atoms with E-state index in [0.717, 1.165) is 45.2 Å². The fourth-order valence-corrected chi connectivity index (χ4v) is 4.50. The number of likely N-dealkylation sites (tertiary alicyclic amines) is 1. The molecule has 0 radical (unpaired) electrons. The Kier molecular flexibility index (Phi) is 4.89. The van der Waals surface area contributed by atoms with E-state index in [1.54, 1.807) is 6.92 Å². The van der Waals surface area contributed by atoms with E-state index in [1.807, 2.05) is 9.58 Å². The number of hydrogen-bond acceptors (Lipinski definition) is 3. The van der Waals surface area contributed by atoms with Gasteiger partial charge in [-0.3, -0.25) is 9.48 Å². The first-order valence-electron chi connectivity index (χ1n) is 9.35. The van der Waals surface area contributed by atoms with Gasteiger partial charge >= 0.3 is 5.97 Å². The van der Waals surface area contributed by atoms with Gasteiger partial charge in [-0.1, -0.05) is 20.3 Å². The van der Waals surface area contributed by atoms with E-state index in [4.69, 9.17) is 0 Å². The van der Waals surface area contributed by atoms with Crippen LogP contribution in [0.1, 0.15) is 74.5 Å². The zero-order valence-corrected chi connectivity index (χ0v) is 15.5. The van der Waals surface area contributed by atoms with Crippen LogP contribution in [0.15, 0.2) is 6.20 Å². The lowest BCUT2D eigenvalue weighted by Gasteiger charge is -2.39. The van der Waals surface area contributed by atoms with Gasteiger partial charge < -0.3 is 10.0 Å². The lowest BCUT2D eigenvalue weighted by molar-refractivity contribution is -0.139. The lowest BCUT2D eigenvalue weighted by atomic mass is 9.72. The molecule has 1 aliphatic heterocycles. The first-order chi connectivity index (χ1) is 11.8. The van der Waals surface area contributed by atoms with Gasteiger partial charge in [-0.2, -0.15) is 5.10 Å². The Morgan fingerprint density at radius 1 is 1.24 bits per heavy atom. The van der Waals surface area contributed by atoms with Crippen molar-refractivity contribution in [3.05, 3.63) is 17.5 Å². The highest BCUT2D eigenvalue weighted by molar-refractivity contribution is 5.88. The van der Waals surface area contributed by atoms with Crippen molar-refractivity contribution in [1.82, 2.24) is 14.7 Å². The second-order valence-corrected chi connectivity index (χ2v) is 8.41. The van der Waals surface area contributed by atoms with E-state index < -0.39 is 5.97 Å². The van der Waals surface area contributed by atoms with Crippen molar-refractivity contribution < 1.29 is 14.7 Å². The molecule has 2 aliphatic rings. The monoisotopic (exact) mass is 347 g/mol. The van der Waals surface area contributed by atoms with Gasteiger partial charge in [0.15, 0.2) is 0 Å². The lowest BCUT2D eigenvalue weighted by Crippen LogP contribution is -2.44. The molecule has 1 N–H and O–H groups in total. The third kappa shape index (κ3) is 3.72. The van der Waals surface area contributed by atoms with Gasteiger partial charge in [0.25, 0.3) is 0 Å². The number of aromatic carboxylic acids is 1. The minimum Gasteiger partial charge on any atom is -0.478 e. The zero-order chi connectivity index (χ0) is 18.2. The largest absolute Gasteiger partial charge is 0.478 e. The van der Waals surface area contributed by atoms with E-state index in [0.29, 0.717) is 11.6 Å². The second-order valence-electron chi connectivity index (χ2n) is 8.41. The Labute approximate surface area is 149 Å². The highest BCUT2D eigenvalue weighted by atomic mass is 16.4. The summed E-state index contributed by atoms with van der Waals surface area (Å²) in [5.74, 6) is -0.448. The standard InChI is InChI=1S/C19H29N3O3/c1-13-16(18(24)25)12-20-22(13)15-6-9-21(10-7-15)17(23)14-5-4-8-19(2,3)11-14/h12,14-15H,4-11H2,1-3H3,(H,24,25). The summed E-state index contributed by atoms with van der Waals surface area (Å²) in [6.07, 6.45) is 7.47. The highest BCUT2D eigenvalue weighted by Gasteiger charge is 2.35. The van der Waals surface area contributed by atoms with Crippen molar-refractivity contribution in [3.8, 4) is 0 Å². The average molecular weight is 347 g/mol. The molecule has 1 aromatic rings. The summed E-state index contributed by atoms with van der Waals surface area (Å²) >= 11 is 0. The zero-order valence-electron chi connectivity index (χ0n) is 15.5. The molecule has 2 heterocycles. The molecule has 6 nitrogen and oxygen atoms in total. The highest BCUT2D eigenvalue weighted by Crippen LogP contribution is 2.39. The minimum absolute atomic E-state index is 0.172. The van der Waals surface area contributed by atoms with Crippen LogP contribution >= 0.6 is 0 Å². The van der Waals surface area contributed by atoms with Crippen LogP contribution in [0.25, 0.3) is 0 Å². The van der Waals surface area contributed by atoms with E-state index in [2.05, 4.69) is 18.9 Å². The van der Waals surface area contributed by atoms with E-state index in [9.17, 15) is 14.7 Å². The number of nitrogens with zero attached hydrogens (tertiary/aromatic N) is 3. The van der Waals surface area contributed by atoms with Crippen LogP contribution in [0.4, 0.5) is 0 Å². The van der Waals surface area contributed by atoms with Crippen LogP contribution in [0, 0.1) is 18.3 Å². The summed E-state index contributed by atoms with van der Waals surface area (Å²) in [6, 6.07) is 0.181. The van der Waals surface area contributed by atoms with Crippen LogP contribution in [0.5, 0.6) is 0 Å². The van der Waals surface area contributed by atoms with Gasteiger partial charge in [0, 0.05) is 19.0 Å². The molecule has 1 saturated carbocycles. The van der Waals surface area contributed by atoms with Gasteiger partial charge in [0.1, 0.15) is 5.56 Å². The SMILES string of the molecule is Cc1c(C(=O)O)cnn1C1CCN(C(=O)C2CCCC(C)(C)C2)CC1. The molecule has 3 rings (SSSR count). The van der Waals surface area contributed by atoms with Crippen molar-refractivity contribution in [2.75, 3.05) is 13.1 Å². The molecular weight excluding hydrogens is 318 g/mol. The normalized spacial score (nSPS) is 24.3. The first kappa shape index (κ1) is 18.0. The number of carboxylic acid groups (broad SMARTS) is 1. The third-order valence-corrected chi connectivity index (χ3v) is 5.95. The Morgan fingerprint density at radius 2 is 1.92 bits per heavy atom. The second kappa shape index (κ2) is 6.81. The van der Waals surface area contributed by atoms with Gasteiger partial charge in [0.2, 0.25) is 5.91 Å². The molecule has 1 atom stereocenters. The Morgan fingerprint density at radius 3 is 2.48 bits per heavy atom. The minimum atomic E-state index is -0.934. The fourth-order valence-electron chi connectivity index (χ4n) is 4.50. The third-order valence-electron chi connectivity index (χ3n) is 5.95. The first-order valence-corrected chi connectivity index (χ1v) is 9.35. The summed E-state index contributed by atoms with van der Waals surface area (Å²) < 4.78 is 1.83. The quantitative estimate of drug-likeness (QED) is 0.910. The summed E-state index contributed by atoms with van der Waals surface area (Å²) in [4.78, 5) is 26.1. The molecule has 1 aliphatic carbocycles. The van der Waals surface area contributed by atoms with Gasteiger partial charge in [-0.25, -0.2) is 4.79 Å². The van der Waals surface area contributed by atoms with Crippen LogP contribution in [0.2, 0.25) is 0 Å². The predicted molar refractivity (Wildman–Crippen MR) is 94.5 cm³/mol. The van der Waals surface area contributed by atoms with Crippen LogP contribution in [0.3, 0.4) is 0 Å². The summed E-state index contributed by atoms with van der Waals surface area (Å²) in [5, 5.41) is 13.4. The van der Waals surface area contributed by atoms with Crippen molar-refractivity contribution in [3.63, 3.8) is 0 Å². The molecule has 0 aromatic carbocycles. The van der Waals surface area contributed by atoms with Crippen molar-refractivity contribution in [1.29, 1.82) is 0 Å². The van der Waals surface area contributed by atoms with Gasteiger partial charge in [-0.15, -0.1) is 0 Å². The molecule has 2 fully saturated rings. The number of carbonyl (C=O) groups excluding carboxylic acids is 1. The molecule has 138 valence electrons. The number of piperidine rings is 1. The maximum Gasteiger partial charge on any atom is 0.339 e. The van der Waals surface area contributed by atoms with E-state index in [1.165, 1.54) is 12.6 Å². The predicted octanol–water partition coefficient (Wildman–Crippen LogP) is 3.27. The molecule has 1 amide bonds. The number of carbonyl (C=O) groups is 2. The molecular formula is C19H29N3O3. The molecule has 6 heteroatoms. The van der Waals surface area contributed by atoms with Crippen LogP contribution in [-0.2, 0) is 4.79 Å². The number of rotatable bonds is 3. The van der Waals surface area contributed by atoms with Crippen LogP contribution in [-0.4, -0.2) is 44.8 Å². The maximum atomic E-state index is 12.9. The molecule has 0 bridgehead atoms. The Hall–Kier alpha value is -1.85. The Bertz CT molecular complexity index is 657. The van der Waals surface area contributed by atoms with E-state index >= 15 is 0 Å². The maximum absolute atomic E-state index is 12.9. The number of aromatic nitrogens is 2. The van der Waals surface area contributed by atoms with Gasteiger partial charge in [-0.05, 0) is 44.4 Å². The molecule has 1 unspecified atom stereocenters. The van der Waals surface area contributed by atoms with Gasteiger partial charge in [0.05, 0.1) is 17.9 Å². The number of hydrogen-bond donors (Lipinski definition) is 1. The van der Waals surface area contributed by atoms with Crippen molar-refractivity contribution >= 4 is 11.9 Å². The molecule has 1 saturated heterocycles. The fraction of sp³-hybridized carbons (Fsp3) is 0.737. The number of carboxylic acids is 1. The topological polar surface area (TPSA) is 75.4 Å². The molecule has 0 spiro atoms. The molecule has 25 heavy (non-hydrogen) atoms. The number of amides is 1.